The molecule has 2 atom stereocenters. The average molecular weight is 385 g/mol. The molecule has 0 bridgehead atoms. The van der Waals surface area contributed by atoms with Gasteiger partial charge in [-0.05, 0) is 25.8 Å². The molecule has 0 unspecified atom stereocenters. The van der Waals surface area contributed by atoms with Crippen LogP contribution in [-0.4, -0.2) is 47.3 Å². The second-order valence-corrected chi connectivity index (χ2v) is 7.89. The van der Waals surface area contributed by atoms with Gasteiger partial charge < -0.3 is 16.4 Å². The molecule has 3 aliphatic rings. The molecule has 8 heteroatoms. The number of unbranched alkanes of at least 4 members (excludes halogenated alkanes) is 1. The van der Waals surface area contributed by atoms with Crippen molar-refractivity contribution in [3.8, 4) is 0 Å². The third-order valence-electron chi connectivity index (χ3n) is 5.23. The predicted octanol–water partition coefficient (Wildman–Crippen LogP) is 0.549. The van der Waals surface area contributed by atoms with Gasteiger partial charge in [-0.25, -0.2) is 0 Å². The van der Waals surface area contributed by atoms with E-state index in [0.29, 0.717) is 18.5 Å². The molecular weight excluding hydrogens is 366 g/mol. The SMILES string of the molecule is NCCCC[C@@H]1NC(=O)[C@@]2(CSC3=C2C(=O)c2ccccc2C3=O)NC1=O. The minimum atomic E-state index is -1.48. The van der Waals surface area contributed by atoms with Crippen molar-refractivity contribution < 1.29 is 19.2 Å². The minimum Gasteiger partial charge on any atom is -0.342 e. The highest BCUT2D eigenvalue weighted by molar-refractivity contribution is 8.04. The Morgan fingerprint density at radius 1 is 1.07 bits per heavy atom. The number of nitrogens with two attached hydrogens (primary N) is 1. The van der Waals surface area contributed by atoms with E-state index in [-0.39, 0.29) is 39.3 Å². The lowest BCUT2D eigenvalue weighted by atomic mass is 9.78. The largest absolute Gasteiger partial charge is 0.342 e. The Morgan fingerprint density at radius 2 is 1.78 bits per heavy atom. The third-order valence-corrected chi connectivity index (χ3v) is 6.48. The zero-order valence-corrected chi connectivity index (χ0v) is 15.4. The lowest BCUT2D eigenvalue weighted by Gasteiger charge is -2.38. The van der Waals surface area contributed by atoms with Gasteiger partial charge in [0.2, 0.25) is 11.7 Å². The van der Waals surface area contributed by atoms with Gasteiger partial charge in [0, 0.05) is 16.9 Å². The Bertz CT molecular complexity index is 910. The van der Waals surface area contributed by atoms with Gasteiger partial charge in [0.15, 0.2) is 11.3 Å². The molecule has 1 saturated heterocycles. The Labute approximate surface area is 160 Å². The second-order valence-electron chi connectivity index (χ2n) is 6.90. The highest BCUT2D eigenvalue weighted by Gasteiger charge is 2.57. The van der Waals surface area contributed by atoms with Gasteiger partial charge in [-0.2, -0.15) is 0 Å². The van der Waals surface area contributed by atoms with Gasteiger partial charge in [-0.15, -0.1) is 11.8 Å². The van der Waals surface area contributed by atoms with E-state index in [1.54, 1.807) is 24.3 Å². The number of hydrogen-bond acceptors (Lipinski definition) is 6. The number of Topliss-reactive ketones (excluding diaryl/α,β-unsaturated/α-hetero) is 2. The zero-order chi connectivity index (χ0) is 19.2. The predicted molar refractivity (Wildman–Crippen MR) is 100 cm³/mol. The number of carbonyl (C=O) groups is 4. The molecule has 4 N–H and O–H groups in total. The quantitative estimate of drug-likeness (QED) is 0.652. The maximum absolute atomic E-state index is 13.1. The van der Waals surface area contributed by atoms with Gasteiger partial charge in [-0.1, -0.05) is 24.3 Å². The van der Waals surface area contributed by atoms with E-state index in [1.165, 1.54) is 0 Å². The number of amides is 2. The van der Waals surface area contributed by atoms with Crippen molar-refractivity contribution in [3.05, 3.63) is 45.9 Å². The fraction of sp³-hybridized carbons (Fsp3) is 0.368. The van der Waals surface area contributed by atoms with Crippen LogP contribution in [0.3, 0.4) is 0 Å². The van der Waals surface area contributed by atoms with Crippen molar-refractivity contribution in [3.63, 3.8) is 0 Å². The summed E-state index contributed by atoms with van der Waals surface area (Å²) in [7, 11) is 0. The summed E-state index contributed by atoms with van der Waals surface area (Å²) in [6.45, 7) is 0.523. The molecule has 1 aliphatic carbocycles. The van der Waals surface area contributed by atoms with Crippen molar-refractivity contribution in [1.29, 1.82) is 0 Å². The van der Waals surface area contributed by atoms with E-state index in [0.717, 1.165) is 24.6 Å². The standard InChI is InChI=1S/C19H19N3O4S/c20-8-4-3-7-12-17(25)22-19(18(26)21-12)9-27-16-13(19)14(23)10-5-1-2-6-11(10)15(16)24/h1-2,5-6,12H,3-4,7-9,20H2,(H,21,26)(H,22,25)/t12-,19-/m0/s1. The van der Waals surface area contributed by atoms with Crippen LogP contribution in [0.5, 0.6) is 0 Å². The van der Waals surface area contributed by atoms with E-state index in [9.17, 15) is 19.2 Å². The molecule has 1 fully saturated rings. The number of nitrogens with one attached hydrogen (secondary N) is 2. The number of carbonyl (C=O) groups excluding carboxylic acids is 4. The average Bonchev–Trinajstić information content (AvgIpc) is 3.05. The topological polar surface area (TPSA) is 118 Å². The van der Waals surface area contributed by atoms with Crippen LogP contribution >= 0.6 is 11.8 Å². The number of benzene rings is 1. The first kappa shape index (κ1) is 17.9. The van der Waals surface area contributed by atoms with E-state index < -0.39 is 17.5 Å². The molecule has 0 aromatic heterocycles. The monoisotopic (exact) mass is 385 g/mol. The summed E-state index contributed by atoms with van der Waals surface area (Å²) in [6, 6.07) is 5.92. The lowest BCUT2D eigenvalue weighted by Crippen LogP contribution is -2.71. The smallest absolute Gasteiger partial charge is 0.252 e. The Kier molecular flexibility index (Phi) is 4.39. The minimum absolute atomic E-state index is 0.0995. The second kappa shape index (κ2) is 6.61. The van der Waals surface area contributed by atoms with Crippen LogP contribution in [0.2, 0.25) is 0 Å². The number of thioether (sulfide) groups is 1. The van der Waals surface area contributed by atoms with Crippen LogP contribution in [0.1, 0.15) is 40.0 Å². The Hall–Kier alpha value is -2.45. The molecule has 1 aromatic carbocycles. The first-order valence-electron chi connectivity index (χ1n) is 8.88. The molecule has 1 aromatic rings. The van der Waals surface area contributed by atoms with Gasteiger partial charge in [0.25, 0.3) is 5.91 Å². The molecule has 0 saturated carbocycles. The van der Waals surface area contributed by atoms with Crippen molar-refractivity contribution in [2.75, 3.05) is 12.3 Å². The van der Waals surface area contributed by atoms with E-state index in [4.69, 9.17) is 5.73 Å². The van der Waals surface area contributed by atoms with Crippen LogP contribution in [0.15, 0.2) is 34.7 Å². The first-order valence-corrected chi connectivity index (χ1v) is 9.87. The van der Waals surface area contributed by atoms with Gasteiger partial charge >= 0.3 is 0 Å². The highest BCUT2D eigenvalue weighted by Crippen LogP contribution is 2.46. The summed E-state index contributed by atoms with van der Waals surface area (Å²) in [5.41, 5.74) is 4.70. The molecule has 7 nitrogen and oxygen atoms in total. The van der Waals surface area contributed by atoms with Crippen LogP contribution in [-0.2, 0) is 9.59 Å². The summed E-state index contributed by atoms with van der Waals surface area (Å²) in [5.74, 6) is -1.27. The van der Waals surface area contributed by atoms with Gasteiger partial charge in [0.05, 0.1) is 10.5 Å². The lowest BCUT2D eigenvalue weighted by molar-refractivity contribution is -0.139. The molecule has 27 heavy (non-hydrogen) atoms. The molecule has 2 amide bonds. The maximum atomic E-state index is 13.1. The normalized spacial score (nSPS) is 26.8. The Balaban J connectivity index is 1.68. The Morgan fingerprint density at radius 3 is 2.48 bits per heavy atom. The molecular formula is C19H19N3O4S. The molecule has 4 rings (SSSR count). The fourth-order valence-electron chi connectivity index (χ4n) is 3.81. The van der Waals surface area contributed by atoms with Gasteiger partial charge in [0.1, 0.15) is 6.04 Å². The maximum Gasteiger partial charge on any atom is 0.252 e. The summed E-state index contributed by atoms with van der Waals surface area (Å²) in [5, 5.41) is 5.51. The van der Waals surface area contributed by atoms with Crippen LogP contribution in [0.25, 0.3) is 0 Å². The highest BCUT2D eigenvalue weighted by atomic mass is 32.2. The number of allylic oxidation sites excluding steroid dienone is 1. The first-order chi connectivity index (χ1) is 13.0. The number of fused-ring (bicyclic) bond motifs is 2. The number of piperazine rings is 1. The molecule has 1 spiro atoms. The van der Waals surface area contributed by atoms with Crippen LogP contribution < -0.4 is 16.4 Å². The van der Waals surface area contributed by atoms with Crippen molar-refractivity contribution in [2.45, 2.75) is 30.8 Å². The molecule has 0 radical (unpaired) electrons. The molecule has 140 valence electrons. The van der Waals surface area contributed by atoms with E-state index in [2.05, 4.69) is 10.6 Å². The molecule has 2 heterocycles. The van der Waals surface area contributed by atoms with Crippen LogP contribution in [0, 0.1) is 0 Å². The fourth-order valence-corrected chi connectivity index (χ4v) is 5.17. The summed E-state index contributed by atoms with van der Waals surface area (Å²) in [6.07, 6.45) is 1.97. The van der Waals surface area contributed by atoms with Crippen molar-refractivity contribution in [2.24, 2.45) is 5.73 Å². The van der Waals surface area contributed by atoms with Gasteiger partial charge in [-0.3, -0.25) is 19.2 Å². The molecule has 2 aliphatic heterocycles. The zero-order valence-electron chi connectivity index (χ0n) is 14.5. The summed E-state index contributed by atoms with van der Waals surface area (Å²) < 4.78 is 0. The summed E-state index contributed by atoms with van der Waals surface area (Å²) >= 11 is 1.15. The number of ketones is 2. The van der Waals surface area contributed by atoms with E-state index in [1.807, 2.05) is 0 Å². The van der Waals surface area contributed by atoms with E-state index >= 15 is 0 Å². The number of rotatable bonds is 4. The third kappa shape index (κ3) is 2.62. The summed E-state index contributed by atoms with van der Waals surface area (Å²) in [4.78, 5) is 51.7. The van der Waals surface area contributed by atoms with Crippen molar-refractivity contribution in [1.82, 2.24) is 10.6 Å². The van der Waals surface area contributed by atoms with Crippen molar-refractivity contribution >= 4 is 35.1 Å². The number of hydrogen-bond donors (Lipinski definition) is 3. The van der Waals surface area contributed by atoms with Crippen LogP contribution in [0.4, 0.5) is 0 Å².